The lowest BCUT2D eigenvalue weighted by molar-refractivity contribution is 0.141. The van der Waals surface area contributed by atoms with E-state index < -0.39 is 0 Å². The van der Waals surface area contributed by atoms with Crippen LogP contribution in [-0.2, 0) is 0 Å². The Bertz CT molecular complexity index is 1090. The monoisotopic (exact) mass is 429 g/mol. The van der Waals surface area contributed by atoms with Crippen molar-refractivity contribution in [3.05, 3.63) is 78.7 Å². The average molecular weight is 430 g/mol. The minimum atomic E-state index is -0.343. The van der Waals surface area contributed by atoms with Gasteiger partial charge in [0.2, 0.25) is 0 Å². The third kappa shape index (κ3) is 5.39. The fraction of sp³-hybridized carbons (Fsp3) is 0.269. The van der Waals surface area contributed by atoms with Crippen molar-refractivity contribution in [2.75, 3.05) is 39.1 Å². The van der Waals surface area contributed by atoms with Crippen LogP contribution < -0.4 is 4.90 Å². The summed E-state index contributed by atoms with van der Waals surface area (Å²) < 4.78 is 0. The summed E-state index contributed by atoms with van der Waals surface area (Å²) in [6.45, 7) is 11.0. The van der Waals surface area contributed by atoms with E-state index in [1.165, 1.54) is 0 Å². The van der Waals surface area contributed by atoms with Crippen LogP contribution in [0.3, 0.4) is 0 Å². The van der Waals surface area contributed by atoms with Crippen molar-refractivity contribution in [1.29, 1.82) is 0 Å². The van der Waals surface area contributed by atoms with Crippen LogP contribution in [0.1, 0.15) is 18.1 Å². The first-order chi connectivity index (χ1) is 15.3. The predicted molar refractivity (Wildman–Crippen MR) is 135 cm³/mol. The lowest BCUT2D eigenvalue weighted by atomic mass is 10.0. The third-order valence-electron chi connectivity index (χ3n) is 4.98. The van der Waals surface area contributed by atoms with E-state index in [1.54, 1.807) is 13.3 Å². The number of aromatic nitrogens is 2. The van der Waals surface area contributed by atoms with Crippen molar-refractivity contribution < 1.29 is 5.11 Å². The third-order valence-corrected chi connectivity index (χ3v) is 4.98. The Kier molecular flexibility index (Phi) is 7.38. The fourth-order valence-electron chi connectivity index (χ4n) is 3.54. The molecule has 1 aromatic heterocycles. The second-order valence-electron chi connectivity index (χ2n) is 8.16. The van der Waals surface area contributed by atoms with Crippen LogP contribution in [0.15, 0.2) is 72.5 Å². The van der Waals surface area contributed by atoms with E-state index in [0.29, 0.717) is 18.9 Å². The van der Waals surface area contributed by atoms with Gasteiger partial charge in [0.25, 0.3) is 0 Å². The molecule has 2 aromatic rings. The largest absolute Gasteiger partial charge is 0.389 e. The van der Waals surface area contributed by atoms with Crippen LogP contribution in [0.4, 0.5) is 5.82 Å². The van der Waals surface area contributed by atoms with Gasteiger partial charge in [-0.25, -0.2) is 9.97 Å². The minimum Gasteiger partial charge on any atom is -0.389 e. The number of anilines is 1. The Hall–Kier alpha value is -3.51. The molecule has 0 bridgehead atoms. The first kappa shape index (κ1) is 23.2. The number of rotatable bonds is 8. The maximum absolute atomic E-state index is 9.88. The topological polar surface area (TPSA) is 64.9 Å². The standard InChI is InChI=1S/C26H31N5O/c1-7-19(15-30(5)6)20-9-8-10-21(12-20)25-28-14-24(22(13-27-4)11-18(2)3)26(29-25)31-16-23(32)17-31/h7-15,23,32H,1-2,16-17H2,3-6H3/b19-15+,22-11+,27-13?. The van der Waals surface area contributed by atoms with Crippen molar-refractivity contribution >= 4 is 23.2 Å². The maximum atomic E-state index is 9.88. The molecule has 0 aliphatic carbocycles. The van der Waals surface area contributed by atoms with Gasteiger partial charge in [-0.05, 0) is 24.1 Å². The van der Waals surface area contributed by atoms with Crippen LogP contribution in [0.2, 0.25) is 0 Å². The molecule has 1 N–H and O–H groups in total. The van der Waals surface area contributed by atoms with Crippen molar-refractivity contribution in [3.63, 3.8) is 0 Å². The summed E-state index contributed by atoms with van der Waals surface area (Å²) in [5.74, 6) is 1.41. The van der Waals surface area contributed by atoms with Crippen LogP contribution in [0, 0.1) is 0 Å². The molecule has 1 fully saturated rings. The molecule has 0 spiro atoms. The van der Waals surface area contributed by atoms with Gasteiger partial charge in [0.15, 0.2) is 5.82 Å². The summed E-state index contributed by atoms with van der Waals surface area (Å²) in [5.41, 5.74) is 5.64. The summed E-state index contributed by atoms with van der Waals surface area (Å²) in [4.78, 5) is 17.8. The van der Waals surface area contributed by atoms with E-state index in [-0.39, 0.29) is 6.10 Å². The lowest BCUT2D eigenvalue weighted by Crippen LogP contribution is -2.51. The Labute approximate surface area is 190 Å². The molecule has 0 atom stereocenters. The molecule has 166 valence electrons. The second kappa shape index (κ2) is 10.2. The number of hydrogen-bond donors (Lipinski definition) is 1. The molecule has 0 radical (unpaired) electrons. The fourth-order valence-corrected chi connectivity index (χ4v) is 3.54. The van der Waals surface area contributed by atoms with Gasteiger partial charge in [0, 0.05) is 69.5 Å². The highest BCUT2D eigenvalue weighted by Gasteiger charge is 2.29. The van der Waals surface area contributed by atoms with Crippen LogP contribution >= 0.6 is 0 Å². The number of aliphatic hydroxyl groups excluding tert-OH is 1. The summed E-state index contributed by atoms with van der Waals surface area (Å²) >= 11 is 0. The van der Waals surface area contributed by atoms with Gasteiger partial charge in [-0.3, -0.25) is 4.99 Å². The zero-order valence-corrected chi connectivity index (χ0v) is 19.3. The van der Waals surface area contributed by atoms with Crippen LogP contribution in [0.5, 0.6) is 0 Å². The molecule has 0 amide bonds. The summed E-state index contributed by atoms with van der Waals surface area (Å²) in [7, 11) is 5.70. The molecule has 6 nitrogen and oxygen atoms in total. The summed E-state index contributed by atoms with van der Waals surface area (Å²) in [6, 6.07) is 8.12. The Morgan fingerprint density at radius 2 is 2.03 bits per heavy atom. The molecule has 0 saturated carbocycles. The van der Waals surface area contributed by atoms with Gasteiger partial charge >= 0.3 is 0 Å². The SMILES string of the molecule is C=C/C(=C\N(C)C)c1cccc(-c2ncc(/C(C=NC)=C/C(=C)C)c(N3CC(O)C3)n2)c1. The molecule has 1 aliphatic rings. The highest BCUT2D eigenvalue weighted by molar-refractivity contribution is 6.12. The van der Waals surface area contributed by atoms with Crippen molar-refractivity contribution in [3.8, 4) is 11.4 Å². The highest BCUT2D eigenvalue weighted by atomic mass is 16.3. The Balaban J connectivity index is 2.10. The number of hydrogen-bond acceptors (Lipinski definition) is 6. The van der Waals surface area contributed by atoms with E-state index in [9.17, 15) is 5.11 Å². The number of aliphatic imine (C=N–C) groups is 1. The van der Waals surface area contributed by atoms with Gasteiger partial charge in [-0.1, -0.05) is 49.1 Å². The van der Waals surface area contributed by atoms with Gasteiger partial charge in [0.1, 0.15) is 5.82 Å². The zero-order chi connectivity index (χ0) is 23.3. The van der Waals surface area contributed by atoms with E-state index in [0.717, 1.165) is 39.2 Å². The van der Waals surface area contributed by atoms with Gasteiger partial charge in [-0.2, -0.15) is 0 Å². The number of benzene rings is 1. The Morgan fingerprint density at radius 3 is 2.62 bits per heavy atom. The van der Waals surface area contributed by atoms with Crippen molar-refractivity contribution in [2.45, 2.75) is 13.0 Å². The summed E-state index contributed by atoms with van der Waals surface area (Å²) in [5, 5.41) is 9.88. The van der Waals surface area contributed by atoms with E-state index in [2.05, 4.69) is 34.1 Å². The average Bonchev–Trinajstić information content (AvgIpc) is 2.74. The van der Waals surface area contributed by atoms with E-state index in [1.807, 2.05) is 68.7 Å². The molecule has 2 heterocycles. The van der Waals surface area contributed by atoms with Gasteiger partial charge in [0.05, 0.1) is 6.10 Å². The zero-order valence-electron chi connectivity index (χ0n) is 19.3. The maximum Gasteiger partial charge on any atom is 0.161 e. The molecule has 3 rings (SSSR count). The number of nitrogens with zero attached hydrogens (tertiary/aromatic N) is 5. The van der Waals surface area contributed by atoms with Crippen LogP contribution in [0.25, 0.3) is 22.5 Å². The molecule has 1 saturated heterocycles. The molecule has 32 heavy (non-hydrogen) atoms. The molecule has 1 aromatic carbocycles. The smallest absolute Gasteiger partial charge is 0.161 e. The van der Waals surface area contributed by atoms with E-state index in [4.69, 9.17) is 4.98 Å². The van der Waals surface area contributed by atoms with E-state index >= 15 is 0 Å². The van der Waals surface area contributed by atoms with Gasteiger partial charge in [-0.15, -0.1) is 0 Å². The number of allylic oxidation sites excluding steroid dienone is 5. The predicted octanol–water partition coefficient (Wildman–Crippen LogP) is 4.07. The van der Waals surface area contributed by atoms with Gasteiger partial charge < -0.3 is 14.9 Å². The molecule has 6 heteroatoms. The number of aliphatic hydroxyl groups is 1. The first-order valence-corrected chi connectivity index (χ1v) is 10.5. The molecular formula is C26H31N5O. The quantitative estimate of drug-likeness (QED) is 0.506. The summed E-state index contributed by atoms with van der Waals surface area (Å²) in [6.07, 6.45) is 9.11. The molecule has 1 aliphatic heterocycles. The minimum absolute atomic E-state index is 0.343. The Morgan fingerprint density at radius 1 is 1.28 bits per heavy atom. The molecular weight excluding hydrogens is 398 g/mol. The molecule has 0 unspecified atom stereocenters. The first-order valence-electron chi connectivity index (χ1n) is 10.5. The number of β-amino-alcohol motifs (C(OH)–C–C–N with tert-alkyl or cyclic N) is 1. The highest BCUT2D eigenvalue weighted by Crippen LogP contribution is 2.31. The normalized spacial score (nSPS) is 15.1. The van der Waals surface area contributed by atoms with Crippen molar-refractivity contribution in [2.24, 2.45) is 4.99 Å². The van der Waals surface area contributed by atoms with Crippen molar-refractivity contribution in [1.82, 2.24) is 14.9 Å². The lowest BCUT2D eigenvalue weighted by Gasteiger charge is -2.38. The second-order valence-corrected chi connectivity index (χ2v) is 8.16. The van der Waals surface area contributed by atoms with Crippen LogP contribution in [-0.4, -0.2) is 66.5 Å².